The van der Waals surface area contributed by atoms with Gasteiger partial charge in [-0.15, -0.1) is 0 Å². The van der Waals surface area contributed by atoms with Gasteiger partial charge in [-0.1, -0.05) is 12.1 Å². The first-order valence-corrected chi connectivity index (χ1v) is 10.9. The number of carbonyl (C=O) groups is 1. The number of piperidine rings is 1. The summed E-state index contributed by atoms with van der Waals surface area (Å²) in [5.74, 6) is 2.12. The van der Waals surface area contributed by atoms with E-state index >= 15 is 0 Å². The van der Waals surface area contributed by atoms with Crippen molar-refractivity contribution in [2.45, 2.75) is 32.7 Å². The monoisotopic (exact) mass is 428 g/mol. The average molecular weight is 429 g/mol. The summed E-state index contributed by atoms with van der Waals surface area (Å²) in [6.45, 7) is 5.75. The topological polar surface area (TPSA) is 60.0 Å². The quantitative estimate of drug-likeness (QED) is 0.651. The Morgan fingerprint density at radius 3 is 2.77 bits per heavy atom. The number of benzene rings is 2. The predicted octanol–water partition coefficient (Wildman–Crippen LogP) is 3.66. The Bertz CT molecular complexity index is 912. The van der Waals surface area contributed by atoms with Crippen molar-refractivity contribution < 1.29 is 23.4 Å². The molecule has 2 aromatic carbocycles. The number of rotatable bonds is 8. The van der Waals surface area contributed by atoms with E-state index in [9.17, 15) is 9.18 Å². The lowest BCUT2D eigenvalue weighted by atomic mass is 9.95. The van der Waals surface area contributed by atoms with Crippen LogP contribution in [0.3, 0.4) is 0 Å². The van der Waals surface area contributed by atoms with E-state index in [1.807, 2.05) is 24.3 Å². The average Bonchev–Trinajstić information content (AvgIpc) is 3.26. The first-order chi connectivity index (χ1) is 15.1. The minimum absolute atomic E-state index is 0.0245. The third-order valence-corrected chi connectivity index (χ3v) is 5.89. The number of hydrogen-bond donors (Lipinski definition) is 1. The Balaban J connectivity index is 1.12. The standard InChI is InChI=1S/C24H29FN2O4/c1-17-3-4-18(13-21(17)25)15-26-24(28)19-7-10-27(11-8-19)9-2-12-29-20-5-6-22-23(14-20)31-16-30-22/h3-6,13-14,19H,2,7-12,15-16H2,1H3,(H,26,28). The van der Waals surface area contributed by atoms with Gasteiger partial charge < -0.3 is 24.4 Å². The molecular weight excluding hydrogens is 399 g/mol. The van der Waals surface area contributed by atoms with Crippen molar-refractivity contribution in [3.05, 3.63) is 53.3 Å². The molecule has 0 aliphatic carbocycles. The molecular formula is C24H29FN2O4. The number of halogens is 1. The molecule has 0 unspecified atom stereocenters. The molecule has 1 N–H and O–H groups in total. The van der Waals surface area contributed by atoms with Gasteiger partial charge in [0.1, 0.15) is 11.6 Å². The molecule has 0 bridgehead atoms. The second-order valence-electron chi connectivity index (χ2n) is 8.13. The van der Waals surface area contributed by atoms with E-state index in [1.54, 1.807) is 13.0 Å². The van der Waals surface area contributed by atoms with E-state index in [1.165, 1.54) is 6.07 Å². The molecule has 31 heavy (non-hydrogen) atoms. The summed E-state index contributed by atoms with van der Waals surface area (Å²) in [7, 11) is 0. The highest BCUT2D eigenvalue weighted by Gasteiger charge is 2.24. The van der Waals surface area contributed by atoms with Gasteiger partial charge in [0.25, 0.3) is 0 Å². The van der Waals surface area contributed by atoms with Crippen molar-refractivity contribution in [3.8, 4) is 17.2 Å². The lowest BCUT2D eigenvalue weighted by Crippen LogP contribution is -2.40. The lowest BCUT2D eigenvalue weighted by Gasteiger charge is -2.31. The van der Waals surface area contributed by atoms with Gasteiger partial charge in [0.05, 0.1) is 6.61 Å². The van der Waals surface area contributed by atoms with Crippen LogP contribution in [0.4, 0.5) is 4.39 Å². The normalized spacial score (nSPS) is 16.3. The van der Waals surface area contributed by atoms with Crippen molar-refractivity contribution in [1.29, 1.82) is 0 Å². The Labute approximate surface area is 182 Å². The van der Waals surface area contributed by atoms with Crippen LogP contribution in [-0.2, 0) is 11.3 Å². The molecule has 2 heterocycles. The molecule has 2 aromatic rings. The van der Waals surface area contributed by atoms with E-state index in [0.717, 1.165) is 61.7 Å². The third-order valence-electron chi connectivity index (χ3n) is 5.89. The summed E-state index contributed by atoms with van der Waals surface area (Å²) in [6.07, 6.45) is 2.61. The number of aryl methyl sites for hydroxylation is 1. The molecule has 6 nitrogen and oxygen atoms in total. The SMILES string of the molecule is Cc1ccc(CNC(=O)C2CCN(CCCOc3ccc4c(c3)OCO4)CC2)cc1F. The van der Waals surface area contributed by atoms with Gasteiger partial charge in [0.15, 0.2) is 11.5 Å². The second kappa shape index (κ2) is 10.0. The molecule has 0 aromatic heterocycles. The number of likely N-dealkylation sites (tertiary alicyclic amines) is 1. The molecule has 1 fully saturated rings. The van der Waals surface area contributed by atoms with E-state index in [2.05, 4.69) is 10.2 Å². The van der Waals surface area contributed by atoms with Crippen LogP contribution in [0.15, 0.2) is 36.4 Å². The third kappa shape index (κ3) is 5.67. The van der Waals surface area contributed by atoms with Gasteiger partial charge in [0.2, 0.25) is 12.7 Å². The number of nitrogens with zero attached hydrogens (tertiary/aromatic N) is 1. The first-order valence-electron chi connectivity index (χ1n) is 10.9. The van der Waals surface area contributed by atoms with Crippen molar-refractivity contribution >= 4 is 5.91 Å². The lowest BCUT2D eigenvalue weighted by molar-refractivity contribution is -0.126. The van der Waals surface area contributed by atoms with Crippen molar-refractivity contribution in [2.24, 2.45) is 5.92 Å². The van der Waals surface area contributed by atoms with Crippen LogP contribution < -0.4 is 19.5 Å². The van der Waals surface area contributed by atoms with Crippen LogP contribution in [0.1, 0.15) is 30.4 Å². The Morgan fingerprint density at radius 2 is 1.97 bits per heavy atom. The molecule has 4 rings (SSSR count). The summed E-state index contributed by atoms with van der Waals surface area (Å²) < 4.78 is 30.1. The first kappa shape index (κ1) is 21.4. The number of hydrogen-bond acceptors (Lipinski definition) is 5. The van der Waals surface area contributed by atoms with E-state index in [4.69, 9.17) is 14.2 Å². The van der Waals surface area contributed by atoms with Crippen LogP contribution in [0.5, 0.6) is 17.2 Å². The van der Waals surface area contributed by atoms with Crippen LogP contribution in [-0.4, -0.2) is 43.8 Å². The summed E-state index contributed by atoms with van der Waals surface area (Å²) in [6, 6.07) is 10.7. The molecule has 1 amide bonds. The maximum atomic E-state index is 13.6. The molecule has 0 spiro atoms. The zero-order valence-corrected chi connectivity index (χ0v) is 17.9. The fraction of sp³-hybridized carbons (Fsp3) is 0.458. The molecule has 0 atom stereocenters. The Kier molecular flexibility index (Phi) is 6.92. The van der Waals surface area contributed by atoms with E-state index in [0.29, 0.717) is 18.7 Å². The van der Waals surface area contributed by atoms with Gasteiger partial charge in [-0.2, -0.15) is 0 Å². The Hall–Kier alpha value is -2.80. The molecule has 2 aliphatic rings. The van der Waals surface area contributed by atoms with Crippen molar-refractivity contribution in [3.63, 3.8) is 0 Å². The second-order valence-corrected chi connectivity index (χ2v) is 8.13. The van der Waals surface area contributed by atoms with Crippen LogP contribution in [0.25, 0.3) is 0 Å². The van der Waals surface area contributed by atoms with Crippen molar-refractivity contribution in [1.82, 2.24) is 10.2 Å². The zero-order valence-electron chi connectivity index (χ0n) is 17.9. The van der Waals surface area contributed by atoms with Gasteiger partial charge in [0, 0.05) is 25.1 Å². The minimum atomic E-state index is -0.234. The number of nitrogens with one attached hydrogen (secondary N) is 1. The van der Waals surface area contributed by atoms with E-state index < -0.39 is 0 Å². The largest absolute Gasteiger partial charge is 0.493 e. The maximum absolute atomic E-state index is 13.6. The number of carbonyl (C=O) groups excluding carboxylic acids is 1. The fourth-order valence-corrected chi connectivity index (χ4v) is 3.94. The highest BCUT2D eigenvalue weighted by atomic mass is 19.1. The molecule has 7 heteroatoms. The van der Waals surface area contributed by atoms with Gasteiger partial charge in [-0.05, 0) is 68.6 Å². The molecule has 0 radical (unpaired) electrons. The summed E-state index contributed by atoms with van der Waals surface area (Å²) >= 11 is 0. The van der Waals surface area contributed by atoms with Crippen molar-refractivity contribution in [2.75, 3.05) is 33.0 Å². The molecule has 0 saturated carbocycles. The molecule has 166 valence electrons. The zero-order chi connectivity index (χ0) is 21.6. The minimum Gasteiger partial charge on any atom is -0.493 e. The van der Waals surface area contributed by atoms with Crippen LogP contribution in [0, 0.1) is 18.7 Å². The summed E-state index contributed by atoms with van der Waals surface area (Å²) in [4.78, 5) is 14.8. The van der Waals surface area contributed by atoms with Crippen LogP contribution >= 0.6 is 0 Å². The number of fused-ring (bicyclic) bond motifs is 1. The highest BCUT2D eigenvalue weighted by molar-refractivity contribution is 5.78. The smallest absolute Gasteiger partial charge is 0.231 e. The number of amides is 1. The highest BCUT2D eigenvalue weighted by Crippen LogP contribution is 2.35. The fourth-order valence-electron chi connectivity index (χ4n) is 3.94. The maximum Gasteiger partial charge on any atom is 0.231 e. The molecule has 1 saturated heterocycles. The van der Waals surface area contributed by atoms with Gasteiger partial charge in [-0.3, -0.25) is 4.79 Å². The van der Waals surface area contributed by atoms with Gasteiger partial charge >= 0.3 is 0 Å². The van der Waals surface area contributed by atoms with E-state index in [-0.39, 0.29) is 24.4 Å². The molecule has 2 aliphatic heterocycles. The predicted molar refractivity (Wildman–Crippen MR) is 115 cm³/mol. The summed E-state index contributed by atoms with van der Waals surface area (Å²) in [5, 5.41) is 2.96. The van der Waals surface area contributed by atoms with Crippen LogP contribution in [0.2, 0.25) is 0 Å². The Morgan fingerprint density at radius 1 is 1.16 bits per heavy atom. The number of ether oxygens (including phenoxy) is 3. The summed E-state index contributed by atoms with van der Waals surface area (Å²) in [5.41, 5.74) is 1.40. The van der Waals surface area contributed by atoms with Gasteiger partial charge in [-0.25, -0.2) is 4.39 Å².